The molecular formula is C19H22N4O3S. The Morgan fingerprint density at radius 1 is 1.04 bits per heavy atom. The van der Waals surface area contributed by atoms with Gasteiger partial charge in [-0.1, -0.05) is 18.2 Å². The Morgan fingerprint density at radius 3 is 2.59 bits per heavy atom. The van der Waals surface area contributed by atoms with Crippen molar-refractivity contribution in [2.45, 2.75) is 6.42 Å². The molecule has 7 nitrogen and oxygen atoms in total. The predicted molar refractivity (Wildman–Crippen MR) is 106 cm³/mol. The summed E-state index contributed by atoms with van der Waals surface area (Å²) in [5, 5.41) is 5.97. The highest BCUT2D eigenvalue weighted by atomic mass is 32.1. The maximum atomic E-state index is 12.2. The van der Waals surface area contributed by atoms with Gasteiger partial charge in [0.25, 0.3) is 5.91 Å². The minimum absolute atomic E-state index is 0.0386. The average molecular weight is 386 g/mol. The summed E-state index contributed by atoms with van der Waals surface area (Å²) < 4.78 is 5.07. The largest absolute Gasteiger partial charge is 0.459 e. The maximum Gasteiger partial charge on any atom is 0.293 e. The van der Waals surface area contributed by atoms with Crippen molar-refractivity contribution in [2.75, 3.05) is 38.0 Å². The molecule has 1 aromatic carbocycles. The summed E-state index contributed by atoms with van der Waals surface area (Å²) in [6.07, 6.45) is 2.30. The zero-order valence-corrected chi connectivity index (χ0v) is 15.7. The van der Waals surface area contributed by atoms with Gasteiger partial charge >= 0.3 is 0 Å². The summed E-state index contributed by atoms with van der Waals surface area (Å²) in [5.74, 6) is -0.164. The molecule has 0 bridgehead atoms. The zero-order chi connectivity index (χ0) is 19.1. The number of nitrogens with zero attached hydrogens (tertiary/aromatic N) is 2. The topological polar surface area (TPSA) is 77.8 Å². The monoisotopic (exact) mass is 386 g/mol. The number of anilines is 1. The van der Waals surface area contributed by atoms with E-state index in [0.717, 1.165) is 25.2 Å². The normalized spacial score (nSPS) is 15.0. The second-order valence-electron chi connectivity index (χ2n) is 6.27. The van der Waals surface area contributed by atoms with Crippen LogP contribution in [-0.2, 0) is 4.79 Å². The number of hydrogen-bond acceptors (Lipinski definition) is 5. The van der Waals surface area contributed by atoms with Gasteiger partial charge in [0.15, 0.2) is 10.9 Å². The van der Waals surface area contributed by atoms with Gasteiger partial charge in [-0.3, -0.25) is 19.8 Å². The molecule has 1 aliphatic rings. The van der Waals surface area contributed by atoms with Crippen LogP contribution in [0.2, 0.25) is 0 Å². The van der Waals surface area contributed by atoms with E-state index in [1.807, 2.05) is 35.2 Å². The van der Waals surface area contributed by atoms with E-state index in [9.17, 15) is 9.59 Å². The Morgan fingerprint density at radius 2 is 1.85 bits per heavy atom. The van der Waals surface area contributed by atoms with Gasteiger partial charge < -0.3 is 14.6 Å². The first-order chi connectivity index (χ1) is 13.1. The smallest absolute Gasteiger partial charge is 0.293 e. The van der Waals surface area contributed by atoms with Gasteiger partial charge in [-0.15, -0.1) is 0 Å². The van der Waals surface area contributed by atoms with Gasteiger partial charge in [-0.05, 0) is 42.9 Å². The zero-order valence-electron chi connectivity index (χ0n) is 14.9. The van der Waals surface area contributed by atoms with Crippen LogP contribution in [0, 0.1) is 0 Å². The second-order valence-corrected chi connectivity index (χ2v) is 6.65. The molecule has 3 rings (SSSR count). The van der Waals surface area contributed by atoms with Crippen molar-refractivity contribution in [3.63, 3.8) is 0 Å². The van der Waals surface area contributed by atoms with Crippen LogP contribution < -0.4 is 10.6 Å². The summed E-state index contributed by atoms with van der Waals surface area (Å²) >= 11 is 5.35. The molecule has 2 aromatic rings. The number of nitrogens with one attached hydrogen (secondary N) is 2. The van der Waals surface area contributed by atoms with E-state index in [4.69, 9.17) is 16.6 Å². The summed E-state index contributed by atoms with van der Waals surface area (Å²) in [5.41, 5.74) is 0.792. The molecule has 0 atom stereocenters. The van der Waals surface area contributed by atoms with E-state index in [1.54, 1.807) is 12.1 Å². The van der Waals surface area contributed by atoms with E-state index in [2.05, 4.69) is 15.5 Å². The van der Waals surface area contributed by atoms with Crippen LogP contribution in [0.25, 0.3) is 0 Å². The molecule has 1 fully saturated rings. The lowest BCUT2D eigenvalue weighted by Gasteiger charge is -2.23. The number of carbonyl (C=O) groups is 2. The number of rotatable bonds is 4. The van der Waals surface area contributed by atoms with Gasteiger partial charge in [0.2, 0.25) is 5.91 Å². The molecule has 2 N–H and O–H groups in total. The van der Waals surface area contributed by atoms with E-state index < -0.39 is 0 Å². The number of benzene rings is 1. The molecule has 0 unspecified atom stereocenters. The van der Waals surface area contributed by atoms with Gasteiger partial charge in [0.1, 0.15) is 0 Å². The number of thiocarbonyl (C=S) groups is 1. The van der Waals surface area contributed by atoms with Crippen LogP contribution in [0.5, 0.6) is 0 Å². The van der Waals surface area contributed by atoms with E-state index in [0.29, 0.717) is 24.7 Å². The molecule has 27 heavy (non-hydrogen) atoms. The van der Waals surface area contributed by atoms with Gasteiger partial charge in [0, 0.05) is 31.9 Å². The van der Waals surface area contributed by atoms with Crippen molar-refractivity contribution in [3.05, 3.63) is 54.5 Å². The Balaban J connectivity index is 1.46. The fourth-order valence-electron chi connectivity index (χ4n) is 2.90. The third kappa shape index (κ3) is 5.63. The first-order valence-corrected chi connectivity index (χ1v) is 9.23. The standard InChI is InChI=1S/C19H22N4O3S/c24-17(20-15-6-2-1-3-7-15)14-22-9-5-10-23(12-11-22)19(27)21-18(25)16-8-4-13-26-16/h1-4,6-8,13H,5,9-12,14H2,(H,20,24)(H,21,25,27). The van der Waals surface area contributed by atoms with Crippen molar-refractivity contribution in [1.82, 2.24) is 15.1 Å². The molecule has 1 saturated heterocycles. The molecule has 2 heterocycles. The Kier molecular flexibility index (Phi) is 6.56. The lowest BCUT2D eigenvalue weighted by molar-refractivity contribution is -0.117. The van der Waals surface area contributed by atoms with Crippen molar-refractivity contribution < 1.29 is 14.0 Å². The summed E-state index contributed by atoms with van der Waals surface area (Å²) in [7, 11) is 0. The molecule has 1 aliphatic heterocycles. The number of hydrogen-bond donors (Lipinski definition) is 2. The molecule has 0 radical (unpaired) electrons. The van der Waals surface area contributed by atoms with Crippen LogP contribution in [-0.4, -0.2) is 59.5 Å². The highest BCUT2D eigenvalue weighted by Gasteiger charge is 2.20. The Labute approximate surface area is 163 Å². The lowest BCUT2D eigenvalue weighted by atomic mass is 10.3. The molecule has 0 spiro atoms. The SMILES string of the molecule is O=C(CN1CCCN(C(=S)NC(=O)c2ccco2)CC1)Nc1ccccc1. The fourth-order valence-corrected chi connectivity index (χ4v) is 3.18. The summed E-state index contributed by atoms with van der Waals surface area (Å²) in [4.78, 5) is 28.3. The second kappa shape index (κ2) is 9.29. The quantitative estimate of drug-likeness (QED) is 0.782. The van der Waals surface area contributed by atoms with Gasteiger partial charge in [-0.2, -0.15) is 0 Å². The Bertz CT molecular complexity index is 780. The van der Waals surface area contributed by atoms with E-state index in [1.165, 1.54) is 6.26 Å². The van der Waals surface area contributed by atoms with E-state index >= 15 is 0 Å². The average Bonchev–Trinajstić information content (AvgIpc) is 3.10. The van der Waals surface area contributed by atoms with Gasteiger partial charge in [-0.25, -0.2) is 0 Å². The fraction of sp³-hybridized carbons (Fsp3) is 0.316. The number of carbonyl (C=O) groups excluding carboxylic acids is 2. The summed E-state index contributed by atoms with van der Waals surface area (Å²) in [6.45, 7) is 3.20. The van der Waals surface area contributed by atoms with Crippen LogP contribution in [0.4, 0.5) is 5.69 Å². The molecule has 2 amide bonds. The predicted octanol–water partition coefficient (Wildman–Crippen LogP) is 1.94. The highest BCUT2D eigenvalue weighted by Crippen LogP contribution is 2.08. The molecule has 0 aliphatic carbocycles. The van der Waals surface area contributed by atoms with Crippen LogP contribution >= 0.6 is 12.2 Å². The highest BCUT2D eigenvalue weighted by molar-refractivity contribution is 7.80. The molecule has 0 saturated carbocycles. The van der Waals surface area contributed by atoms with Crippen LogP contribution in [0.3, 0.4) is 0 Å². The van der Waals surface area contributed by atoms with E-state index in [-0.39, 0.29) is 17.6 Å². The minimum atomic E-state index is -0.353. The van der Waals surface area contributed by atoms with Crippen LogP contribution in [0.1, 0.15) is 17.0 Å². The third-order valence-corrected chi connectivity index (χ3v) is 4.63. The van der Waals surface area contributed by atoms with Gasteiger partial charge in [0.05, 0.1) is 12.8 Å². The number of amides is 2. The Hall–Kier alpha value is -2.71. The molecular weight excluding hydrogens is 364 g/mol. The van der Waals surface area contributed by atoms with Crippen LogP contribution in [0.15, 0.2) is 53.1 Å². The van der Waals surface area contributed by atoms with Crippen molar-refractivity contribution in [3.8, 4) is 0 Å². The van der Waals surface area contributed by atoms with Crippen molar-refractivity contribution in [2.24, 2.45) is 0 Å². The van der Waals surface area contributed by atoms with Crippen molar-refractivity contribution in [1.29, 1.82) is 0 Å². The lowest BCUT2D eigenvalue weighted by Crippen LogP contribution is -2.44. The molecule has 8 heteroatoms. The molecule has 142 valence electrons. The summed E-state index contributed by atoms with van der Waals surface area (Å²) in [6, 6.07) is 12.7. The maximum absolute atomic E-state index is 12.2. The third-order valence-electron chi connectivity index (χ3n) is 4.27. The molecule has 1 aromatic heterocycles. The first-order valence-electron chi connectivity index (χ1n) is 8.83. The van der Waals surface area contributed by atoms with Crippen molar-refractivity contribution >= 4 is 34.8 Å². The first kappa shape index (κ1) is 19.1. The number of para-hydroxylation sites is 1. The number of furan rings is 1. The minimum Gasteiger partial charge on any atom is -0.459 e.